The maximum Gasteiger partial charge on any atom is 0.241 e. The molecule has 0 amide bonds. The number of nitrogens with zero attached hydrogens (tertiary/aromatic N) is 1. The molecule has 0 aliphatic heterocycles. The fourth-order valence-electron chi connectivity index (χ4n) is 1.80. The molecule has 0 bridgehead atoms. The number of benzene rings is 1. The maximum absolute atomic E-state index is 12.4. The van der Waals surface area contributed by atoms with Crippen molar-refractivity contribution in [2.45, 2.75) is 31.8 Å². The number of nitrogens with two attached hydrogens (primary N) is 1. The van der Waals surface area contributed by atoms with Crippen molar-refractivity contribution in [1.82, 2.24) is 9.71 Å². The SMILES string of the molecule is Cc1ccc(CN)cc1S(=O)(=O)NCc1scnc1C. The lowest BCUT2D eigenvalue weighted by molar-refractivity contribution is 0.581. The number of nitrogens with one attached hydrogen (secondary N) is 1. The van der Waals surface area contributed by atoms with E-state index in [4.69, 9.17) is 5.73 Å². The average molecular weight is 311 g/mol. The van der Waals surface area contributed by atoms with E-state index in [-0.39, 0.29) is 11.4 Å². The van der Waals surface area contributed by atoms with Gasteiger partial charge in [-0.15, -0.1) is 11.3 Å². The predicted octanol–water partition coefficient (Wildman–Crippen LogP) is 1.70. The predicted molar refractivity (Wildman–Crippen MR) is 79.9 cm³/mol. The average Bonchev–Trinajstić information content (AvgIpc) is 2.82. The molecule has 0 saturated heterocycles. The van der Waals surface area contributed by atoms with Crippen LogP contribution in [0, 0.1) is 13.8 Å². The summed E-state index contributed by atoms with van der Waals surface area (Å²) in [6.07, 6.45) is 0. The van der Waals surface area contributed by atoms with Gasteiger partial charge in [-0.2, -0.15) is 0 Å². The van der Waals surface area contributed by atoms with Crippen molar-refractivity contribution < 1.29 is 8.42 Å². The molecule has 2 rings (SSSR count). The molecule has 2 aromatic rings. The van der Waals surface area contributed by atoms with Crippen LogP contribution in [-0.4, -0.2) is 13.4 Å². The molecule has 0 atom stereocenters. The van der Waals surface area contributed by atoms with Crippen molar-refractivity contribution in [3.63, 3.8) is 0 Å². The molecule has 0 aliphatic rings. The molecular weight excluding hydrogens is 294 g/mol. The van der Waals surface area contributed by atoms with E-state index in [0.717, 1.165) is 16.1 Å². The summed E-state index contributed by atoms with van der Waals surface area (Å²) in [6, 6.07) is 5.23. The van der Waals surface area contributed by atoms with E-state index >= 15 is 0 Å². The number of sulfonamides is 1. The Bertz CT molecular complexity index is 708. The van der Waals surface area contributed by atoms with Gasteiger partial charge in [0.25, 0.3) is 0 Å². The Morgan fingerprint density at radius 3 is 2.70 bits per heavy atom. The monoisotopic (exact) mass is 311 g/mol. The van der Waals surface area contributed by atoms with E-state index in [1.54, 1.807) is 24.6 Å². The normalized spacial score (nSPS) is 11.8. The first kappa shape index (κ1) is 15.1. The lowest BCUT2D eigenvalue weighted by atomic mass is 10.1. The molecule has 0 spiro atoms. The molecule has 1 aromatic carbocycles. The zero-order chi connectivity index (χ0) is 14.8. The first-order chi connectivity index (χ1) is 9.44. The van der Waals surface area contributed by atoms with Gasteiger partial charge < -0.3 is 5.73 Å². The largest absolute Gasteiger partial charge is 0.326 e. The van der Waals surface area contributed by atoms with E-state index in [1.807, 2.05) is 13.0 Å². The minimum absolute atomic E-state index is 0.255. The highest BCUT2D eigenvalue weighted by molar-refractivity contribution is 7.89. The second-order valence-electron chi connectivity index (χ2n) is 4.49. The third-order valence-electron chi connectivity index (χ3n) is 3.05. The van der Waals surface area contributed by atoms with Crippen LogP contribution in [0.25, 0.3) is 0 Å². The van der Waals surface area contributed by atoms with Crippen LogP contribution in [0.3, 0.4) is 0 Å². The van der Waals surface area contributed by atoms with E-state index < -0.39 is 10.0 Å². The molecule has 0 unspecified atom stereocenters. The van der Waals surface area contributed by atoms with E-state index in [1.165, 1.54) is 11.3 Å². The molecule has 0 aliphatic carbocycles. The zero-order valence-electron chi connectivity index (χ0n) is 11.4. The van der Waals surface area contributed by atoms with Gasteiger partial charge in [0.2, 0.25) is 10.0 Å². The van der Waals surface area contributed by atoms with Gasteiger partial charge in [-0.3, -0.25) is 0 Å². The zero-order valence-corrected chi connectivity index (χ0v) is 13.0. The highest BCUT2D eigenvalue weighted by atomic mass is 32.2. The lowest BCUT2D eigenvalue weighted by Crippen LogP contribution is -2.24. The van der Waals surface area contributed by atoms with Gasteiger partial charge in [0.05, 0.1) is 16.1 Å². The van der Waals surface area contributed by atoms with Gasteiger partial charge >= 0.3 is 0 Å². The Morgan fingerprint density at radius 2 is 2.10 bits per heavy atom. The molecule has 7 heteroatoms. The van der Waals surface area contributed by atoms with Gasteiger partial charge in [-0.1, -0.05) is 12.1 Å². The maximum atomic E-state index is 12.4. The third kappa shape index (κ3) is 3.24. The Morgan fingerprint density at radius 1 is 1.35 bits per heavy atom. The molecule has 20 heavy (non-hydrogen) atoms. The van der Waals surface area contributed by atoms with Crippen LogP contribution >= 0.6 is 11.3 Å². The lowest BCUT2D eigenvalue weighted by Gasteiger charge is -2.10. The minimum Gasteiger partial charge on any atom is -0.326 e. The molecule has 1 heterocycles. The summed E-state index contributed by atoms with van der Waals surface area (Å²) in [6.45, 7) is 4.20. The summed E-state index contributed by atoms with van der Waals surface area (Å²) in [5.41, 5.74) is 9.62. The Kier molecular flexibility index (Phi) is 4.54. The van der Waals surface area contributed by atoms with E-state index in [2.05, 4.69) is 9.71 Å². The molecule has 3 N–H and O–H groups in total. The van der Waals surface area contributed by atoms with Gasteiger partial charge in [-0.05, 0) is 31.0 Å². The summed E-state index contributed by atoms with van der Waals surface area (Å²) in [4.78, 5) is 5.30. The van der Waals surface area contributed by atoms with Crippen molar-refractivity contribution in [2.75, 3.05) is 0 Å². The standard InChI is InChI=1S/C13H17N3O2S2/c1-9-3-4-11(6-14)5-13(9)20(17,18)16-7-12-10(2)15-8-19-12/h3-5,8,16H,6-7,14H2,1-2H3. The second-order valence-corrected chi connectivity index (χ2v) is 7.16. The number of aromatic nitrogens is 1. The number of hydrogen-bond donors (Lipinski definition) is 2. The van der Waals surface area contributed by atoms with Gasteiger partial charge in [0, 0.05) is 18.0 Å². The van der Waals surface area contributed by atoms with Crippen LogP contribution < -0.4 is 10.5 Å². The fourth-order valence-corrected chi connectivity index (χ4v) is 3.89. The van der Waals surface area contributed by atoms with Crippen molar-refractivity contribution in [3.05, 3.63) is 45.4 Å². The number of hydrogen-bond acceptors (Lipinski definition) is 5. The first-order valence-corrected chi connectivity index (χ1v) is 8.48. The van der Waals surface area contributed by atoms with Crippen molar-refractivity contribution >= 4 is 21.4 Å². The van der Waals surface area contributed by atoms with Crippen LogP contribution in [0.15, 0.2) is 28.6 Å². The first-order valence-electron chi connectivity index (χ1n) is 6.12. The Hall–Kier alpha value is -1.28. The topological polar surface area (TPSA) is 85.1 Å². The molecule has 0 saturated carbocycles. The van der Waals surface area contributed by atoms with Crippen LogP contribution in [0.4, 0.5) is 0 Å². The fraction of sp³-hybridized carbons (Fsp3) is 0.308. The number of thiazole rings is 1. The molecular formula is C13H17N3O2S2. The summed E-state index contributed by atoms with van der Waals surface area (Å²) in [7, 11) is -3.54. The Balaban J connectivity index is 2.24. The minimum atomic E-state index is -3.54. The van der Waals surface area contributed by atoms with Crippen LogP contribution in [0.2, 0.25) is 0 Å². The third-order valence-corrected chi connectivity index (χ3v) is 5.52. The van der Waals surface area contributed by atoms with E-state index in [0.29, 0.717) is 12.1 Å². The van der Waals surface area contributed by atoms with Gasteiger partial charge in [-0.25, -0.2) is 18.1 Å². The second kappa shape index (κ2) is 6.01. The number of aryl methyl sites for hydroxylation is 2. The summed E-state index contributed by atoms with van der Waals surface area (Å²) >= 11 is 1.44. The molecule has 0 radical (unpaired) electrons. The van der Waals surface area contributed by atoms with Gasteiger partial charge in [0.1, 0.15) is 0 Å². The summed E-state index contributed by atoms with van der Waals surface area (Å²) < 4.78 is 27.3. The molecule has 1 aromatic heterocycles. The highest BCUT2D eigenvalue weighted by Crippen LogP contribution is 2.18. The molecule has 5 nitrogen and oxygen atoms in total. The van der Waals surface area contributed by atoms with Crippen LogP contribution in [0.5, 0.6) is 0 Å². The van der Waals surface area contributed by atoms with Gasteiger partial charge in [0.15, 0.2) is 0 Å². The molecule has 0 fully saturated rings. The summed E-state index contributed by atoms with van der Waals surface area (Å²) in [5.74, 6) is 0. The number of rotatable bonds is 5. The summed E-state index contributed by atoms with van der Waals surface area (Å²) in [5, 5.41) is 0. The van der Waals surface area contributed by atoms with Crippen molar-refractivity contribution in [1.29, 1.82) is 0 Å². The van der Waals surface area contributed by atoms with Crippen molar-refractivity contribution in [3.8, 4) is 0 Å². The molecule has 108 valence electrons. The van der Waals surface area contributed by atoms with Crippen LogP contribution in [-0.2, 0) is 23.1 Å². The van der Waals surface area contributed by atoms with Crippen molar-refractivity contribution in [2.24, 2.45) is 5.73 Å². The smallest absolute Gasteiger partial charge is 0.241 e. The Labute approximate surface area is 122 Å². The quantitative estimate of drug-likeness (QED) is 0.880. The van der Waals surface area contributed by atoms with Crippen LogP contribution in [0.1, 0.15) is 21.7 Å². The highest BCUT2D eigenvalue weighted by Gasteiger charge is 2.17. The van der Waals surface area contributed by atoms with E-state index in [9.17, 15) is 8.42 Å².